The SMILES string of the molecule is CCc1ccc(NC(=O)C(=O)NCCc2ccccn2)cc1[N+](=O)[O-]. The molecule has 0 bridgehead atoms. The predicted octanol–water partition coefficient (Wildman–Crippen LogP) is 1.85. The highest BCUT2D eigenvalue weighted by Gasteiger charge is 2.17. The number of carbonyl (C=O) groups excluding carboxylic acids is 2. The average Bonchev–Trinajstić information content (AvgIpc) is 2.62. The number of carbonyl (C=O) groups is 2. The van der Waals surface area contributed by atoms with Crippen LogP contribution in [0.15, 0.2) is 42.6 Å². The Labute approximate surface area is 144 Å². The quantitative estimate of drug-likeness (QED) is 0.472. The summed E-state index contributed by atoms with van der Waals surface area (Å²) in [4.78, 5) is 38.3. The number of anilines is 1. The van der Waals surface area contributed by atoms with Gasteiger partial charge < -0.3 is 10.6 Å². The minimum atomic E-state index is -0.875. The van der Waals surface area contributed by atoms with E-state index in [4.69, 9.17) is 0 Å². The van der Waals surface area contributed by atoms with Crippen LogP contribution in [0.25, 0.3) is 0 Å². The smallest absolute Gasteiger partial charge is 0.313 e. The Kier molecular flexibility index (Phi) is 6.16. The van der Waals surface area contributed by atoms with Crippen molar-refractivity contribution in [3.8, 4) is 0 Å². The number of aryl methyl sites for hydroxylation is 1. The van der Waals surface area contributed by atoms with Crippen LogP contribution in [-0.4, -0.2) is 28.3 Å². The highest BCUT2D eigenvalue weighted by Crippen LogP contribution is 2.23. The van der Waals surface area contributed by atoms with Gasteiger partial charge in [-0.3, -0.25) is 24.7 Å². The van der Waals surface area contributed by atoms with Crippen molar-refractivity contribution in [1.82, 2.24) is 10.3 Å². The Morgan fingerprint density at radius 1 is 1.20 bits per heavy atom. The first-order valence-corrected chi connectivity index (χ1v) is 7.77. The molecule has 8 nitrogen and oxygen atoms in total. The molecule has 2 amide bonds. The third-order valence-electron chi connectivity index (χ3n) is 3.52. The van der Waals surface area contributed by atoms with Crippen LogP contribution in [0.3, 0.4) is 0 Å². The first-order chi connectivity index (χ1) is 12.0. The zero-order valence-corrected chi connectivity index (χ0v) is 13.7. The maximum absolute atomic E-state index is 11.9. The van der Waals surface area contributed by atoms with Gasteiger partial charge in [0.05, 0.1) is 4.92 Å². The van der Waals surface area contributed by atoms with Gasteiger partial charge in [0.25, 0.3) is 5.69 Å². The Hall–Kier alpha value is -3.29. The number of nitro groups is 1. The lowest BCUT2D eigenvalue weighted by Gasteiger charge is -2.07. The van der Waals surface area contributed by atoms with Crippen LogP contribution in [0.4, 0.5) is 11.4 Å². The second-order valence-electron chi connectivity index (χ2n) is 5.24. The van der Waals surface area contributed by atoms with Gasteiger partial charge in [0, 0.05) is 42.2 Å². The lowest BCUT2D eigenvalue weighted by atomic mass is 10.1. The van der Waals surface area contributed by atoms with Crippen molar-refractivity contribution in [2.45, 2.75) is 19.8 Å². The fraction of sp³-hybridized carbons (Fsp3) is 0.235. The molecule has 25 heavy (non-hydrogen) atoms. The first-order valence-electron chi connectivity index (χ1n) is 7.77. The molecular weight excluding hydrogens is 324 g/mol. The van der Waals surface area contributed by atoms with E-state index in [-0.39, 0.29) is 17.9 Å². The molecule has 0 atom stereocenters. The molecule has 2 rings (SSSR count). The number of amides is 2. The van der Waals surface area contributed by atoms with Gasteiger partial charge in [-0.05, 0) is 24.6 Å². The monoisotopic (exact) mass is 342 g/mol. The number of benzene rings is 1. The lowest BCUT2D eigenvalue weighted by Crippen LogP contribution is -2.36. The van der Waals surface area contributed by atoms with Crippen molar-refractivity contribution in [3.63, 3.8) is 0 Å². The van der Waals surface area contributed by atoms with Gasteiger partial charge in [-0.2, -0.15) is 0 Å². The summed E-state index contributed by atoms with van der Waals surface area (Å²) in [6, 6.07) is 9.79. The summed E-state index contributed by atoms with van der Waals surface area (Å²) in [5.74, 6) is -1.68. The summed E-state index contributed by atoms with van der Waals surface area (Å²) >= 11 is 0. The number of hydrogen-bond donors (Lipinski definition) is 2. The molecule has 0 radical (unpaired) electrons. The van der Waals surface area contributed by atoms with Crippen LogP contribution >= 0.6 is 0 Å². The topological polar surface area (TPSA) is 114 Å². The highest BCUT2D eigenvalue weighted by atomic mass is 16.6. The van der Waals surface area contributed by atoms with Crippen molar-refractivity contribution in [2.24, 2.45) is 0 Å². The van der Waals surface area contributed by atoms with E-state index in [0.29, 0.717) is 18.4 Å². The molecule has 0 saturated heterocycles. The summed E-state index contributed by atoms with van der Waals surface area (Å²) in [7, 11) is 0. The van der Waals surface area contributed by atoms with E-state index in [1.807, 2.05) is 12.1 Å². The van der Waals surface area contributed by atoms with E-state index in [2.05, 4.69) is 15.6 Å². The number of pyridine rings is 1. The molecule has 1 aromatic carbocycles. The lowest BCUT2D eigenvalue weighted by molar-refractivity contribution is -0.385. The van der Waals surface area contributed by atoms with Crippen LogP contribution in [-0.2, 0) is 22.4 Å². The van der Waals surface area contributed by atoms with Crippen molar-refractivity contribution in [2.75, 3.05) is 11.9 Å². The summed E-state index contributed by atoms with van der Waals surface area (Å²) in [6.45, 7) is 2.06. The zero-order valence-electron chi connectivity index (χ0n) is 13.7. The van der Waals surface area contributed by atoms with Gasteiger partial charge in [-0.15, -0.1) is 0 Å². The van der Waals surface area contributed by atoms with E-state index >= 15 is 0 Å². The van der Waals surface area contributed by atoms with Crippen molar-refractivity contribution in [3.05, 3.63) is 64.0 Å². The van der Waals surface area contributed by atoms with Crippen LogP contribution in [0.1, 0.15) is 18.2 Å². The standard InChI is InChI=1S/C17H18N4O4/c1-2-12-6-7-14(11-15(12)21(24)25)20-17(23)16(22)19-10-8-13-5-3-4-9-18-13/h3-7,9,11H,2,8,10H2,1H3,(H,19,22)(H,20,23). The molecule has 0 fully saturated rings. The van der Waals surface area contributed by atoms with Crippen LogP contribution < -0.4 is 10.6 Å². The summed E-state index contributed by atoms with van der Waals surface area (Å²) in [6.07, 6.45) is 2.64. The van der Waals surface area contributed by atoms with Crippen molar-refractivity contribution < 1.29 is 14.5 Å². The van der Waals surface area contributed by atoms with Gasteiger partial charge >= 0.3 is 11.8 Å². The van der Waals surface area contributed by atoms with E-state index in [0.717, 1.165) is 5.69 Å². The molecule has 0 aliphatic carbocycles. The molecule has 0 saturated carbocycles. The minimum Gasteiger partial charge on any atom is -0.347 e. The van der Waals surface area contributed by atoms with Gasteiger partial charge in [-0.1, -0.05) is 19.1 Å². The minimum absolute atomic E-state index is 0.0872. The summed E-state index contributed by atoms with van der Waals surface area (Å²) in [5.41, 5.74) is 1.47. The van der Waals surface area contributed by atoms with Gasteiger partial charge in [0.1, 0.15) is 0 Å². The van der Waals surface area contributed by atoms with Crippen molar-refractivity contribution in [1.29, 1.82) is 0 Å². The molecule has 0 spiro atoms. The average molecular weight is 342 g/mol. The first kappa shape index (κ1) is 18.1. The number of rotatable bonds is 6. The second kappa shape index (κ2) is 8.53. The van der Waals surface area contributed by atoms with E-state index < -0.39 is 16.7 Å². The Balaban J connectivity index is 1.91. The molecule has 8 heteroatoms. The second-order valence-corrected chi connectivity index (χ2v) is 5.24. The molecule has 2 N–H and O–H groups in total. The Bertz CT molecular complexity index is 777. The number of nitrogens with one attached hydrogen (secondary N) is 2. The molecule has 0 unspecified atom stereocenters. The van der Waals surface area contributed by atoms with Crippen LogP contribution in [0.2, 0.25) is 0 Å². The fourth-order valence-corrected chi connectivity index (χ4v) is 2.23. The van der Waals surface area contributed by atoms with E-state index in [1.165, 1.54) is 12.1 Å². The zero-order chi connectivity index (χ0) is 18.2. The van der Waals surface area contributed by atoms with Crippen LogP contribution in [0.5, 0.6) is 0 Å². The Morgan fingerprint density at radius 2 is 2.00 bits per heavy atom. The van der Waals surface area contributed by atoms with Gasteiger partial charge in [0.15, 0.2) is 0 Å². The number of nitrogens with zero attached hydrogens (tertiary/aromatic N) is 2. The third-order valence-corrected chi connectivity index (χ3v) is 3.52. The number of hydrogen-bond acceptors (Lipinski definition) is 5. The fourth-order valence-electron chi connectivity index (χ4n) is 2.23. The number of nitro benzene ring substituents is 1. The maximum atomic E-state index is 11.9. The van der Waals surface area contributed by atoms with Gasteiger partial charge in [-0.25, -0.2) is 0 Å². The molecule has 130 valence electrons. The molecule has 1 aromatic heterocycles. The highest BCUT2D eigenvalue weighted by molar-refractivity contribution is 6.39. The predicted molar refractivity (Wildman–Crippen MR) is 92.1 cm³/mol. The largest absolute Gasteiger partial charge is 0.347 e. The third kappa shape index (κ3) is 5.10. The maximum Gasteiger partial charge on any atom is 0.313 e. The summed E-state index contributed by atoms with van der Waals surface area (Å²) in [5, 5.41) is 15.9. The van der Waals surface area contributed by atoms with E-state index in [9.17, 15) is 19.7 Å². The normalized spacial score (nSPS) is 10.1. The Morgan fingerprint density at radius 3 is 2.64 bits per heavy atom. The number of aromatic nitrogens is 1. The molecule has 0 aliphatic rings. The van der Waals surface area contributed by atoms with E-state index in [1.54, 1.807) is 25.3 Å². The molecule has 2 aromatic rings. The van der Waals surface area contributed by atoms with Crippen LogP contribution in [0, 0.1) is 10.1 Å². The molecular formula is C17H18N4O4. The van der Waals surface area contributed by atoms with Gasteiger partial charge in [0.2, 0.25) is 0 Å². The van der Waals surface area contributed by atoms with Crippen molar-refractivity contribution >= 4 is 23.2 Å². The molecule has 1 heterocycles. The molecule has 0 aliphatic heterocycles. The summed E-state index contributed by atoms with van der Waals surface area (Å²) < 4.78 is 0.